The molecule has 1 aliphatic heterocycles. The van der Waals surface area contributed by atoms with E-state index in [1.165, 1.54) is 12.8 Å². The zero-order valence-corrected chi connectivity index (χ0v) is 6.95. The zero-order valence-electron chi connectivity index (χ0n) is 6.95. The van der Waals surface area contributed by atoms with Crippen molar-refractivity contribution in [2.24, 2.45) is 5.41 Å². The molecule has 0 radical (unpaired) electrons. The first-order valence-corrected chi connectivity index (χ1v) is 4.36. The molecule has 2 rings (SSSR count). The standard InChI is InChI=1S/C8H13NO3/c10-7(11)12-9-5-3-8(1-2-8)4-6-9/h1-6H2,(H,10,11). The Balaban J connectivity index is 1.78. The Bertz CT molecular complexity index is 190. The molecule has 0 aromatic heterocycles. The molecule has 0 unspecified atom stereocenters. The number of carboxylic acid groups (broad SMARTS) is 1. The fourth-order valence-electron chi connectivity index (χ4n) is 1.84. The summed E-state index contributed by atoms with van der Waals surface area (Å²) in [7, 11) is 0. The van der Waals surface area contributed by atoms with Gasteiger partial charge in [-0.05, 0) is 31.1 Å². The van der Waals surface area contributed by atoms with Crippen LogP contribution in [-0.4, -0.2) is 29.4 Å². The summed E-state index contributed by atoms with van der Waals surface area (Å²) < 4.78 is 0. The Hall–Kier alpha value is -0.770. The third kappa shape index (κ3) is 1.53. The van der Waals surface area contributed by atoms with E-state index in [9.17, 15) is 4.79 Å². The van der Waals surface area contributed by atoms with Gasteiger partial charge in [0.15, 0.2) is 0 Å². The van der Waals surface area contributed by atoms with Gasteiger partial charge in [0, 0.05) is 13.1 Å². The highest BCUT2D eigenvalue weighted by atomic mass is 16.8. The van der Waals surface area contributed by atoms with Gasteiger partial charge in [-0.3, -0.25) is 0 Å². The smallest absolute Gasteiger partial charge is 0.448 e. The summed E-state index contributed by atoms with van der Waals surface area (Å²) in [6.45, 7) is 1.54. The summed E-state index contributed by atoms with van der Waals surface area (Å²) in [6.07, 6.45) is 3.66. The summed E-state index contributed by atoms with van der Waals surface area (Å²) in [5, 5.41) is 9.90. The molecule has 1 saturated heterocycles. The molecular weight excluding hydrogens is 158 g/mol. The first-order chi connectivity index (χ1) is 5.70. The monoisotopic (exact) mass is 171 g/mol. The first-order valence-electron chi connectivity index (χ1n) is 4.36. The van der Waals surface area contributed by atoms with Crippen LogP contribution in [0.2, 0.25) is 0 Å². The molecule has 1 aliphatic carbocycles. The van der Waals surface area contributed by atoms with Crippen LogP contribution < -0.4 is 0 Å². The maximum Gasteiger partial charge on any atom is 0.525 e. The summed E-state index contributed by atoms with van der Waals surface area (Å²) in [5.41, 5.74) is 0.582. The summed E-state index contributed by atoms with van der Waals surface area (Å²) >= 11 is 0. The van der Waals surface area contributed by atoms with E-state index in [0.717, 1.165) is 25.9 Å². The molecule has 1 heterocycles. The number of carbonyl (C=O) groups is 1. The van der Waals surface area contributed by atoms with E-state index >= 15 is 0 Å². The van der Waals surface area contributed by atoms with Crippen molar-refractivity contribution in [3.05, 3.63) is 0 Å². The van der Waals surface area contributed by atoms with Gasteiger partial charge in [0.05, 0.1) is 0 Å². The van der Waals surface area contributed by atoms with Crippen molar-refractivity contribution in [2.75, 3.05) is 13.1 Å². The van der Waals surface area contributed by atoms with E-state index < -0.39 is 6.16 Å². The lowest BCUT2D eigenvalue weighted by Gasteiger charge is -2.29. The van der Waals surface area contributed by atoms with Gasteiger partial charge in [0.25, 0.3) is 0 Å². The van der Waals surface area contributed by atoms with Crippen LogP contribution in [0, 0.1) is 5.41 Å². The lowest BCUT2D eigenvalue weighted by molar-refractivity contribution is -0.137. The van der Waals surface area contributed by atoms with Crippen LogP contribution in [0.15, 0.2) is 0 Å². The molecule has 2 fully saturated rings. The van der Waals surface area contributed by atoms with Crippen molar-refractivity contribution >= 4 is 6.16 Å². The fraction of sp³-hybridized carbons (Fsp3) is 0.875. The quantitative estimate of drug-likeness (QED) is 0.649. The molecule has 4 heteroatoms. The predicted octanol–water partition coefficient (Wildman–Crippen LogP) is 1.47. The second-order valence-electron chi connectivity index (χ2n) is 3.79. The molecule has 0 amide bonds. The zero-order chi connectivity index (χ0) is 8.60. The third-order valence-corrected chi connectivity index (χ3v) is 2.95. The highest BCUT2D eigenvalue weighted by Gasteiger charge is 2.45. The van der Waals surface area contributed by atoms with Crippen LogP contribution in [0.4, 0.5) is 4.79 Å². The minimum absolute atomic E-state index is 0.582. The van der Waals surface area contributed by atoms with E-state index in [-0.39, 0.29) is 0 Å². The second kappa shape index (κ2) is 2.62. The SMILES string of the molecule is O=C(O)ON1CCC2(CC1)CC2. The molecular formula is C8H13NO3. The van der Waals surface area contributed by atoms with Crippen molar-refractivity contribution in [3.63, 3.8) is 0 Å². The summed E-state index contributed by atoms with van der Waals surface area (Å²) in [5.74, 6) is 0. The normalized spacial score (nSPS) is 27.0. The maximum atomic E-state index is 10.2. The second-order valence-corrected chi connectivity index (χ2v) is 3.79. The number of hydroxylamine groups is 2. The van der Waals surface area contributed by atoms with Crippen molar-refractivity contribution in [2.45, 2.75) is 25.7 Å². The molecule has 0 atom stereocenters. The maximum absolute atomic E-state index is 10.2. The number of rotatable bonds is 1. The van der Waals surface area contributed by atoms with Crippen LogP contribution in [0.3, 0.4) is 0 Å². The summed E-state index contributed by atoms with van der Waals surface area (Å²) in [4.78, 5) is 14.7. The molecule has 0 aromatic carbocycles. The molecule has 12 heavy (non-hydrogen) atoms. The minimum Gasteiger partial charge on any atom is -0.448 e. The fourth-order valence-corrected chi connectivity index (χ4v) is 1.84. The molecule has 4 nitrogen and oxygen atoms in total. The minimum atomic E-state index is -1.19. The van der Waals surface area contributed by atoms with E-state index in [0.29, 0.717) is 5.41 Å². The number of piperidine rings is 1. The van der Waals surface area contributed by atoms with E-state index in [4.69, 9.17) is 5.11 Å². The highest BCUT2D eigenvalue weighted by Crippen LogP contribution is 2.53. The van der Waals surface area contributed by atoms with Crippen molar-refractivity contribution in [1.29, 1.82) is 0 Å². The van der Waals surface area contributed by atoms with Crippen molar-refractivity contribution in [1.82, 2.24) is 5.06 Å². The lowest BCUT2D eigenvalue weighted by Crippen LogP contribution is -2.35. The van der Waals surface area contributed by atoms with Crippen molar-refractivity contribution in [3.8, 4) is 0 Å². The van der Waals surface area contributed by atoms with E-state index in [2.05, 4.69) is 4.84 Å². The Labute approximate surface area is 71.1 Å². The largest absolute Gasteiger partial charge is 0.525 e. The molecule has 0 aromatic rings. The lowest BCUT2D eigenvalue weighted by atomic mass is 9.95. The van der Waals surface area contributed by atoms with Gasteiger partial charge in [-0.15, -0.1) is 5.06 Å². The Kier molecular flexibility index (Phi) is 1.72. The molecule has 1 N–H and O–H groups in total. The third-order valence-electron chi connectivity index (χ3n) is 2.95. The number of nitrogens with zero attached hydrogens (tertiary/aromatic N) is 1. The Morgan fingerprint density at radius 1 is 1.25 bits per heavy atom. The summed E-state index contributed by atoms with van der Waals surface area (Å²) in [6, 6.07) is 0. The van der Waals surface area contributed by atoms with Crippen LogP contribution in [0.25, 0.3) is 0 Å². The number of hydrogen-bond donors (Lipinski definition) is 1. The molecule has 2 aliphatic rings. The molecule has 1 spiro atoms. The van der Waals surface area contributed by atoms with Gasteiger partial charge < -0.3 is 9.94 Å². The van der Waals surface area contributed by atoms with Gasteiger partial charge >= 0.3 is 6.16 Å². The van der Waals surface area contributed by atoms with E-state index in [1.54, 1.807) is 5.06 Å². The molecule has 68 valence electrons. The van der Waals surface area contributed by atoms with Gasteiger partial charge in [-0.1, -0.05) is 0 Å². The molecule has 0 bridgehead atoms. The van der Waals surface area contributed by atoms with Gasteiger partial charge in [-0.2, -0.15) is 0 Å². The first kappa shape index (κ1) is 7.86. The number of hydrogen-bond acceptors (Lipinski definition) is 3. The highest BCUT2D eigenvalue weighted by molar-refractivity contribution is 5.56. The van der Waals surface area contributed by atoms with Crippen LogP contribution in [-0.2, 0) is 4.84 Å². The van der Waals surface area contributed by atoms with Crippen molar-refractivity contribution < 1.29 is 14.7 Å². The Morgan fingerprint density at radius 2 is 1.83 bits per heavy atom. The Morgan fingerprint density at radius 3 is 2.25 bits per heavy atom. The predicted molar refractivity (Wildman–Crippen MR) is 41.6 cm³/mol. The average molecular weight is 171 g/mol. The van der Waals surface area contributed by atoms with Crippen LogP contribution >= 0.6 is 0 Å². The van der Waals surface area contributed by atoms with Gasteiger partial charge in [0.1, 0.15) is 0 Å². The topological polar surface area (TPSA) is 49.8 Å². The van der Waals surface area contributed by atoms with Crippen LogP contribution in [0.1, 0.15) is 25.7 Å². The molecule has 1 saturated carbocycles. The van der Waals surface area contributed by atoms with Gasteiger partial charge in [0.2, 0.25) is 0 Å². The average Bonchev–Trinajstić information content (AvgIpc) is 2.75. The van der Waals surface area contributed by atoms with Gasteiger partial charge in [-0.25, -0.2) is 4.79 Å². The van der Waals surface area contributed by atoms with E-state index in [1.807, 2.05) is 0 Å². The van der Waals surface area contributed by atoms with Crippen LogP contribution in [0.5, 0.6) is 0 Å².